The van der Waals surface area contributed by atoms with Gasteiger partial charge in [-0.1, -0.05) is 0 Å². The fraction of sp³-hybridized carbons (Fsp3) is 0. The zero-order valence-corrected chi connectivity index (χ0v) is 28.4. The predicted molar refractivity (Wildman–Crippen MR) is 193 cm³/mol. The van der Waals surface area contributed by atoms with Gasteiger partial charge in [-0.15, -0.1) is 0 Å². The molecule has 0 aliphatic rings. The Bertz CT molecular complexity index is 1560. The Labute approximate surface area is 265 Å². The number of hydrogen-bond donors (Lipinski definition) is 0. The van der Waals surface area contributed by atoms with Crippen molar-refractivity contribution in [1.82, 2.24) is 0 Å². The van der Waals surface area contributed by atoms with Crippen molar-refractivity contribution in [2.24, 2.45) is 0 Å². The number of carbonyl (C=O) groups excluding carboxylic acids is 3. The van der Waals surface area contributed by atoms with Gasteiger partial charge >= 0.3 is 267 Å². The minimum atomic E-state index is -5.97. The van der Waals surface area contributed by atoms with Crippen molar-refractivity contribution < 1.29 is 27.0 Å². The average molecular weight is 715 g/mol. The Kier molecular flexibility index (Phi) is 8.68. The van der Waals surface area contributed by atoms with E-state index >= 15 is 14.4 Å². The Morgan fingerprint density at radius 1 is 0.289 bits per heavy atom. The standard InChI is InChI=1S/2C18H15P.3CHO.Ru/c2*1-4-10-16(11-5-1)19(17-12-6-2-7-13-17)18-14-8-3-9-15-18;3*1-2;/h2*1-15H;3*1H;/q;;;;;-2/p+2. The summed E-state index contributed by atoms with van der Waals surface area (Å²) in [6, 6.07) is 59.5. The fourth-order valence-electron chi connectivity index (χ4n) is 6.98. The van der Waals surface area contributed by atoms with E-state index in [0.29, 0.717) is 0 Å². The molecule has 45 heavy (non-hydrogen) atoms. The van der Waals surface area contributed by atoms with Gasteiger partial charge in [0.05, 0.1) is 0 Å². The predicted octanol–water partition coefficient (Wildman–Crippen LogP) is 5.53. The van der Waals surface area contributed by atoms with Gasteiger partial charge in [0.2, 0.25) is 0 Å². The van der Waals surface area contributed by atoms with Crippen LogP contribution in [-0.4, -0.2) is 14.6 Å². The summed E-state index contributed by atoms with van der Waals surface area (Å²) in [5.41, 5.74) is -7.80. The summed E-state index contributed by atoms with van der Waals surface area (Å²) in [6.07, 6.45) is 0. The summed E-state index contributed by atoms with van der Waals surface area (Å²) in [7, 11) is 0. The molecule has 6 heteroatoms. The van der Waals surface area contributed by atoms with Crippen molar-refractivity contribution in [2.45, 2.75) is 0 Å². The molecule has 0 spiro atoms. The van der Waals surface area contributed by atoms with Gasteiger partial charge in [-0.25, -0.2) is 0 Å². The monoisotopic (exact) mass is 715 g/mol. The van der Waals surface area contributed by atoms with Crippen molar-refractivity contribution >= 4 is 57.7 Å². The second kappa shape index (κ2) is 12.7. The van der Waals surface area contributed by atoms with Crippen LogP contribution in [-0.2, 0) is 27.0 Å². The Hall–Kier alpha value is -4.19. The molecule has 6 rings (SSSR count). The summed E-state index contributed by atoms with van der Waals surface area (Å²) < 4.78 is 0. The summed E-state index contributed by atoms with van der Waals surface area (Å²) in [4.78, 5) is 47.9. The topological polar surface area (TPSA) is 51.2 Å². The maximum absolute atomic E-state index is 15.0. The first-order valence-corrected chi connectivity index (χ1v) is 26.6. The molecule has 0 bridgehead atoms. The van der Waals surface area contributed by atoms with Gasteiger partial charge < -0.3 is 0 Å². The van der Waals surface area contributed by atoms with Crippen LogP contribution < -0.4 is 31.8 Å². The number of rotatable bonds is 11. The fourth-order valence-corrected chi connectivity index (χ4v) is 68.8. The molecule has 0 N–H and O–H groups in total. The van der Waals surface area contributed by atoms with E-state index in [-0.39, 0.29) is 0 Å². The van der Waals surface area contributed by atoms with Gasteiger partial charge in [-0.2, -0.15) is 0 Å². The molecule has 0 unspecified atom stereocenters. The first-order chi connectivity index (χ1) is 22.1. The van der Waals surface area contributed by atoms with Crippen LogP contribution in [0.15, 0.2) is 182 Å². The molecule has 0 radical (unpaired) electrons. The van der Waals surface area contributed by atoms with Gasteiger partial charge in [0, 0.05) is 0 Å². The van der Waals surface area contributed by atoms with Crippen LogP contribution in [0.4, 0.5) is 0 Å². The van der Waals surface area contributed by atoms with Crippen molar-refractivity contribution in [3.8, 4) is 0 Å². The van der Waals surface area contributed by atoms with E-state index in [4.69, 9.17) is 0 Å². The minimum absolute atomic E-state index is 0.874. The summed E-state index contributed by atoms with van der Waals surface area (Å²) in [6.45, 7) is 0. The van der Waals surface area contributed by atoms with Crippen LogP contribution >= 0.6 is 11.2 Å². The summed E-state index contributed by atoms with van der Waals surface area (Å²) >= 11 is -5.97. The molecule has 0 amide bonds. The second-order valence-corrected chi connectivity index (χ2v) is 42.5. The van der Waals surface area contributed by atoms with E-state index in [1.54, 1.807) is 0 Å². The van der Waals surface area contributed by atoms with E-state index < -0.39 is 23.8 Å². The molecule has 0 saturated heterocycles. The van der Waals surface area contributed by atoms with Crippen LogP contribution in [0, 0.1) is 0 Å². The summed E-state index contributed by atoms with van der Waals surface area (Å²) in [5, 5.41) is 5.24. The molecule has 227 valence electrons. The number of hydrogen-bond acceptors (Lipinski definition) is 3. The molecule has 3 nitrogen and oxygen atoms in total. The third kappa shape index (κ3) is 4.24. The van der Waals surface area contributed by atoms with Crippen LogP contribution in [0.25, 0.3) is 0 Å². The molecule has 0 atom stereocenters. The molecular formula is C39H35O3P2Ru. The molecule has 0 fully saturated rings. The normalized spacial score (nSPS) is 13.5. The molecule has 6 aromatic carbocycles. The zero-order chi connectivity index (χ0) is 31.2. The van der Waals surface area contributed by atoms with Crippen LogP contribution in [0.3, 0.4) is 0 Å². The van der Waals surface area contributed by atoms with E-state index in [9.17, 15) is 0 Å². The molecule has 6 aromatic rings. The molecule has 0 saturated carbocycles. The Morgan fingerprint density at radius 3 is 0.578 bits per heavy atom. The van der Waals surface area contributed by atoms with E-state index in [1.165, 1.54) is 0 Å². The van der Waals surface area contributed by atoms with Crippen LogP contribution in [0.5, 0.6) is 0 Å². The quantitative estimate of drug-likeness (QED) is 0.101. The first-order valence-electron chi connectivity index (χ1n) is 14.6. The SMILES string of the molecule is O=[CH][Ru]([CH]=O)([CH]=O)([PH](c1ccccc1)(c1ccccc1)c1ccccc1)[PH](c1ccccc1)(c1ccccc1)c1ccccc1. The zero-order valence-electron chi connectivity index (χ0n) is 24.6. The van der Waals surface area contributed by atoms with Crippen molar-refractivity contribution in [3.05, 3.63) is 182 Å². The first kappa shape index (κ1) is 30.8. The van der Waals surface area contributed by atoms with Crippen LogP contribution in [0.2, 0.25) is 0 Å². The molecular weight excluding hydrogens is 679 g/mol. The molecule has 0 aliphatic carbocycles. The van der Waals surface area contributed by atoms with E-state index in [2.05, 4.69) is 0 Å². The second-order valence-electron chi connectivity index (χ2n) is 10.8. The van der Waals surface area contributed by atoms with Crippen molar-refractivity contribution in [3.63, 3.8) is 0 Å². The van der Waals surface area contributed by atoms with E-state index in [1.807, 2.05) is 182 Å². The summed E-state index contributed by atoms with van der Waals surface area (Å²) in [5.74, 6) is 0. The molecule has 0 aliphatic heterocycles. The van der Waals surface area contributed by atoms with Gasteiger partial charge in [0.1, 0.15) is 0 Å². The van der Waals surface area contributed by atoms with Gasteiger partial charge in [-0.3, -0.25) is 0 Å². The third-order valence-corrected chi connectivity index (χ3v) is 59.3. The number of carbonyl (C=O) groups is 3. The molecule has 0 heterocycles. The van der Waals surface area contributed by atoms with Gasteiger partial charge in [-0.05, 0) is 0 Å². The van der Waals surface area contributed by atoms with Crippen molar-refractivity contribution in [2.75, 3.05) is 0 Å². The molecule has 0 aromatic heterocycles. The van der Waals surface area contributed by atoms with Crippen molar-refractivity contribution in [1.29, 1.82) is 0 Å². The maximum atomic E-state index is 15.0. The Balaban J connectivity index is 2.04. The average Bonchev–Trinajstić information content (AvgIpc) is 3.14. The van der Waals surface area contributed by atoms with Gasteiger partial charge in [0.15, 0.2) is 0 Å². The van der Waals surface area contributed by atoms with Gasteiger partial charge in [0.25, 0.3) is 0 Å². The van der Waals surface area contributed by atoms with Crippen LogP contribution in [0.1, 0.15) is 0 Å². The number of benzene rings is 6. The Morgan fingerprint density at radius 2 is 0.444 bits per heavy atom. The van der Waals surface area contributed by atoms with E-state index in [0.717, 1.165) is 46.5 Å². The third-order valence-electron chi connectivity index (χ3n) is 8.71.